The van der Waals surface area contributed by atoms with E-state index in [9.17, 15) is 14.7 Å². The third-order valence-electron chi connectivity index (χ3n) is 5.25. The smallest absolute Gasteiger partial charge is 0.343 e. The number of rotatable bonds is 2. The molecule has 0 spiro atoms. The molecule has 1 aliphatic heterocycles. The number of pyridine rings is 1. The van der Waals surface area contributed by atoms with Crippen molar-refractivity contribution in [3.8, 4) is 17.1 Å². The first-order valence-corrected chi connectivity index (χ1v) is 9.34. The number of aromatic nitrogens is 3. The van der Waals surface area contributed by atoms with Gasteiger partial charge in [0.1, 0.15) is 16.8 Å². The van der Waals surface area contributed by atoms with Crippen LogP contribution < -0.4 is 5.43 Å². The van der Waals surface area contributed by atoms with Crippen LogP contribution in [0.4, 0.5) is 0 Å². The summed E-state index contributed by atoms with van der Waals surface area (Å²) in [6.07, 6.45) is 1.61. The van der Waals surface area contributed by atoms with Crippen LogP contribution in [0.1, 0.15) is 44.1 Å². The van der Waals surface area contributed by atoms with E-state index in [4.69, 9.17) is 4.74 Å². The van der Waals surface area contributed by atoms with Gasteiger partial charge in [0, 0.05) is 17.6 Å². The Morgan fingerprint density at radius 2 is 2.11 bits per heavy atom. The van der Waals surface area contributed by atoms with Crippen molar-refractivity contribution < 1.29 is 14.6 Å². The maximum Gasteiger partial charge on any atom is 0.343 e. The van der Waals surface area contributed by atoms with Gasteiger partial charge in [0.2, 0.25) is 0 Å². The Labute approximate surface area is 162 Å². The Morgan fingerprint density at radius 3 is 2.79 bits per heavy atom. The molecule has 0 radical (unpaired) electrons. The molecule has 0 saturated carbocycles. The maximum absolute atomic E-state index is 12.7. The Bertz CT molecular complexity index is 1150. The van der Waals surface area contributed by atoms with Gasteiger partial charge in [0.15, 0.2) is 5.43 Å². The highest BCUT2D eigenvalue weighted by Gasteiger charge is 2.35. The number of ether oxygens (including phenoxy) is 1. The van der Waals surface area contributed by atoms with Crippen LogP contribution in [0.25, 0.3) is 22.3 Å². The summed E-state index contributed by atoms with van der Waals surface area (Å²) in [4.78, 5) is 25.0. The van der Waals surface area contributed by atoms with E-state index in [0.29, 0.717) is 17.8 Å². The normalized spacial score (nSPS) is 15.9. The highest BCUT2D eigenvalue weighted by molar-refractivity contribution is 5.96. The van der Waals surface area contributed by atoms with E-state index in [1.165, 1.54) is 6.07 Å². The highest BCUT2D eigenvalue weighted by atomic mass is 16.5. The summed E-state index contributed by atoms with van der Waals surface area (Å²) < 4.78 is 8.88. The van der Waals surface area contributed by atoms with Crippen LogP contribution in [0.2, 0.25) is 0 Å². The first-order chi connectivity index (χ1) is 13.2. The summed E-state index contributed by atoms with van der Waals surface area (Å²) in [5, 5.41) is 15.6. The molecule has 0 saturated heterocycles. The minimum Gasteiger partial charge on any atom is -0.506 e. The van der Waals surface area contributed by atoms with Crippen LogP contribution in [-0.2, 0) is 11.3 Å². The predicted octanol–water partition coefficient (Wildman–Crippen LogP) is 3.35. The molecule has 7 nitrogen and oxygen atoms in total. The lowest BCUT2D eigenvalue weighted by molar-refractivity contribution is 0.0522. The Hall–Kier alpha value is -3.09. The number of hydrogen-bond donors (Lipinski definition) is 1. The molecule has 1 N–H and O–H groups in total. The van der Waals surface area contributed by atoms with Gasteiger partial charge in [-0.25, -0.2) is 4.79 Å². The number of phenols is 1. The van der Waals surface area contributed by atoms with Gasteiger partial charge in [0.05, 0.1) is 30.6 Å². The average Bonchev–Trinajstić information content (AvgIpc) is 3.00. The molecule has 1 unspecified atom stereocenters. The van der Waals surface area contributed by atoms with Crippen molar-refractivity contribution in [1.29, 1.82) is 0 Å². The van der Waals surface area contributed by atoms with Gasteiger partial charge >= 0.3 is 5.97 Å². The number of fused-ring (bicyclic) bond motifs is 5. The van der Waals surface area contributed by atoms with Crippen LogP contribution in [-0.4, -0.2) is 32.0 Å². The average molecular weight is 381 g/mol. The fourth-order valence-electron chi connectivity index (χ4n) is 3.84. The fraction of sp³-hybridized carbons (Fsp3) is 0.381. The van der Waals surface area contributed by atoms with Gasteiger partial charge in [-0.05, 0) is 18.4 Å². The molecule has 3 aromatic rings. The van der Waals surface area contributed by atoms with Gasteiger partial charge in [-0.1, -0.05) is 32.9 Å². The van der Waals surface area contributed by atoms with Crippen molar-refractivity contribution in [1.82, 2.24) is 14.3 Å². The van der Waals surface area contributed by atoms with E-state index in [1.807, 2.05) is 15.3 Å². The molecule has 0 aliphatic carbocycles. The van der Waals surface area contributed by atoms with E-state index in [2.05, 4.69) is 25.9 Å². The molecule has 4 rings (SSSR count). The van der Waals surface area contributed by atoms with Crippen LogP contribution >= 0.6 is 0 Å². The minimum atomic E-state index is -0.614. The molecular formula is C21H23N3O4. The molecular weight excluding hydrogens is 358 g/mol. The van der Waals surface area contributed by atoms with E-state index in [0.717, 1.165) is 11.1 Å². The minimum absolute atomic E-state index is 0.0277. The van der Waals surface area contributed by atoms with Crippen LogP contribution in [0, 0.1) is 5.41 Å². The topological polar surface area (TPSA) is 86.3 Å². The third kappa shape index (κ3) is 2.69. The molecule has 1 atom stereocenters. The second kappa shape index (κ2) is 6.22. The Balaban J connectivity index is 2.03. The molecule has 28 heavy (non-hydrogen) atoms. The molecule has 1 aliphatic rings. The van der Waals surface area contributed by atoms with E-state index in [1.54, 1.807) is 25.3 Å². The van der Waals surface area contributed by atoms with Crippen molar-refractivity contribution in [2.75, 3.05) is 6.61 Å². The van der Waals surface area contributed by atoms with Gasteiger partial charge in [-0.3, -0.25) is 9.48 Å². The first-order valence-electron chi connectivity index (χ1n) is 9.34. The molecule has 0 fully saturated rings. The number of benzene rings is 1. The van der Waals surface area contributed by atoms with Crippen molar-refractivity contribution in [3.63, 3.8) is 0 Å². The van der Waals surface area contributed by atoms with Gasteiger partial charge < -0.3 is 14.4 Å². The molecule has 7 heteroatoms. The SMILES string of the molecule is CCOC(=O)c1cn2c(cc1=O)-c1c3cccc(O)c3nn1CC2C(C)(C)C. The summed E-state index contributed by atoms with van der Waals surface area (Å²) in [5.74, 6) is -0.513. The quantitative estimate of drug-likeness (QED) is 0.688. The molecule has 3 heterocycles. The Morgan fingerprint density at radius 1 is 1.36 bits per heavy atom. The molecule has 0 bridgehead atoms. The van der Waals surface area contributed by atoms with Crippen molar-refractivity contribution >= 4 is 16.9 Å². The molecule has 1 aromatic carbocycles. The largest absolute Gasteiger partial charge is 0.506 e. The third-order valence-corrected chi connectivity index (χ3v) is 5.25. The zero-order chi connectivity index (χ0) is 20.2. The highest BCUT2D eigenvalue weighted by Crippen LogP contribution is 2.42. The van der Waals surface area contributed by atoms with Gasteiger partial charge in [-0.2, -0.15) is 5.10 Å². The standard InChI is InChI=1S/C21H23N3O4/c1-5-28-20(27)13-10-23-14(9-16(13)26)19-12-7-6-8-15(25)18(12)22-24(19)11-17(23)21(2,3)4/h6-10,17,25H,5,11H2,1-4H3. The second-order valence-electron chi connectivity index (χ2n) is 8.15. The maximum atomic E-state index is 12.7. The monoisotopic (exact) mass is 381 g/mol. The van der Waals surface area contributed by atoms with E-state index >= 15 is 0 Å². The first kappa shape index (κ1) is 18.3. The zero-order valence-corrected chi connectivity index (χ0v) is 16.4. The number of carbonyl (C=O) groups is 1. The number of carbonyl (C=O) groups excluding carboxylic acids is 1. The van der Waals surface area contributed by atoms with Crippen LogP contribution in [0.15, 0.2) is 35.3 Å². The molecule has 2 aromatic heterocycles. The second-order valence-corrected chi connectivity index (χ2v) is 8.15. The van der Waals surface area contributed by atoms with Crippen molar-refractivity contribution in [2.24, 2.45) is 5.41 Å². The van der Waals surface area contributed by atoms with Crippen LogP contribution in [0.5, 0.6) is 5.75 Å². The van der Waals surface area contributed by atoms with Gasteiger partial charge in [-0.15, -0.1) is 0 Å². The van der Waals surface area contributed by atoms with Crippen molar-refractivity contribution in [3.05, 3.63) is 46.2 Å². The number of nitrogens with zero attached hydrogens (tertiary/aromatic N) is 3. The molecule has 146 valence electrons. The number of aromatic hydroxyl groups is 1. The summed E-state index contributed by atoms with van der Waals surface area (Å²) >= 11 is 0. The fourth-order valence-corrected chi connectivity index (χ4v) is 3.84. The van der Waals surface area contributed by atoms with Crippen molar-refractivity contribution in [2.45, 2.75) is 40.3 Å². The van der Waals surface area contributed by atoms with Crippen LogP contribution in [0.3, 0.4) is 0 Å². The Kier molecular flexibility index (Phi) is 4.06. The number of hydrogen-bond acceptors (Lipinski definition) is 5. The zero-order valence-electron chi connectivity index (χ0n) is 16.4. The lowest BCUT2D eigenvalue weighted by atomic mass is 9.85. The van der Waals surface area contributed by atoms with E-state index in [-0.39, 0.29) is 34.8 Å². The summed E-state index contributed by atoms with van der Waals surface area (Å²) in [6, 6.07) is 6.66. The molecule has 0 amide bonds. The number of esters is 1. The van der Waals surface area contributed by atoms with Gasteiger partial charge in [0.25, 0.3) is 0 Å². The number of phenolic OH excluding ortho intramolecular Hbond substituents is 1. The lowest BCUT2D eigenvalue weighted by Gasteiger charge is -2.38. The summed E-state index contributed by atoms with van der Waals surface area (Å²) in [6.45, 7) is 8.80. The lowest BCUT2D eigenvalue weighted by Crippen LogP contribution is -2.35. The summed E-state index contributed by atoms with van der Waals surface area (Å²) in [5.41, 5.74) is 1.42. The van der Waals surface area contributed by atoms with E-state index < -0.39 is 5.97 Å². The summed E-state index contributed by atoms with van der Waals surface area (Å²) in [7, 11) is 0. The predicted molar refractivity (Wildman–Crippen MR) is 106 cm³/mol.